The third-order valence-corrected chi connectivity index (χ3v) is 6.78. The highest BCUT2D eigenvalue weighted by Crippen LogP contribution is 2.46. The number of carbonyl (C=O) groups is 2. The van der Waals surface area contributed by atoms with Gasteiger partial charge in [0.2, 0.25) is 0 Å². The van der Waals surface area contributed by atoms with Crippen LogP contribution in [0.2, 0.25) is 0 Å². The highest BCUT2D eigenvalue weighted by molar-refractivity contribution is 7.98. The lowest BCUT2D eigenvalue weighted by atomic mass is 9.68. The second kappa shape index (κ2) is 8.58. The fourth-order valence-electron chi connectivity index (χ4n) is 4.60. The van der Waals surface area contributed by atoms with E-state index in [0.29, 0.717) is 23.3 Å². The van der Waals surface area contributed by atoms with Crippen molar-refractivity contribution in [1.29, 1.82) is 0 Å². The van der Waals surface area contributed by atoms with Crippen LogP contribution in [0.25, 0.3) is 0 Å². The van der Waals surface area contributed by atoms with Crippen molar-refractivity contribution in [2.45, 2.75) is 44.4 Å². The summed E-state index contributed by atoms with van der Waals surface area (Å²) in [7, 11) is 0. The third-order valence-electron chi connectivity index (χ3n) is 6.04. The normalized spacial score (nSPS) is 20.0. The number of rotatable bonds is 4. The summed E-state index contributed by atoms with van der Waals surface area (Å²) in [6, 6.07) is 13.7. The van der Waals surface area contributed by atoms with E-state index in [1.165, 1.54) is 24.3 Å². The minimum absolute atomic E-state index is 0.0716. The van der Waals surface area contributed by atoms with Gasteiger partial charge in [-0.05, 0) is 67.0 Å². The maximum atomic E-state index is 13.4. The first-order valence-electron chi connectivity index (χ1n) is 10.6. The van der Waals surface area contributed by atoms with E-state index in [2.05, 4.69) is 24.5 Å². The van der Waals surface area contributed by atoms with Gasteiger partial charge < -0.3 is 10.6 Å². The molecule has 0 spiro atoms. The van der Waals surface area contributed by atoms with Gasteiger partial charge in [0.15, 0.2) is 5.78 Å². The van der Waals surface area contributed by atoms with E-state index in [0.717, 1.165) is 28.3 Å². The molecule has 0 fully saturated rings. The number of ketones is 1. The Labute approximate surface area is 192 Å². The van der Waals surface area contributed by atoms with Gasteiger partial charge in [0, 0.05) is 45.5 Å². The highest BCUT2D eigenvalue weighted by atomic mass is 32.2. The predicted octanol–water partition coefficient (Wildman–Crippen LogP) is 5.79. The van der Waals surface area contributed by atoms with Gasteiger partial charge in [-0.25, -0.2) is 4.39 Å². The monoisotopic (exact) mass is 450 g/mol. The Bertz CT molecular complexity index is 1130. The zero-order chi connectivity index (χ0) is 23.0. The van der Waals surface area contributed by atoms with Crippen molar-refractivity contribution in [3.05, 3.63) is 82.5 Å². The van der Waals surface area contributed by atoms with Gasteiger partial charge in [-0.3, -0.25) is 9.59 Å². The van der Waals surface area contributed by atoms with Crippen molar-refractivity contribution in [2.24, 2.45) is 5.41 Å². The Morgan fingerprint density at radius 2 is 1.75 bits per heavy atom. The van der Waals surface area contributed by atoms with Crippen LogP contribution < -0.4 is 10.6 Å². The molecule has 0 aromatic heterocycles. The number of Topliss-reactive ketones (excluding diaryl/α,β-unsaturated/α-hetero) is 1. The van der Waals surface area contributed by atoms with Crippen molar-refractivity contribution in [1.82, 2.24) is 5.32 Å². The number of nitrogens with one attached hydrogen (secondary N) is 2. The first-order valence-corrected chi connectivity index (χ1v) is 11.9. The Hall–Kier alpha value is -2.86. The quantitative estimate of drug-likeness (QED) is 0.579. The lowest BCUT2D eigenvalue weighted by Crippen LogP contribution is -2.39. The van der Waals surface area contributed by atoms with E-state index in [1.54, 1.807) is 11.8 Å². The van der Waals surface area contributed by atoms with Crippen LogP contribution >= 0.6 is 11.8 Å². The first-order chi connectivity index (χ1) is 15.2. The standard InChI is InChI=1S/C26H27FN2O2S/c1-15-22(25(31)29-18-9-7-17(27)8-10-18)23(16-5-11-19(32-4)12-6-16)24-20(28-15)13-26(2,3)14-21(24)30/h5-12,23,28H,13-14H2,1-4H3,(H,29,31)/t23-/m1/s1. The molecule has 4 nitrogen and oxygen atoms in total. The molecule has 0 unspecified atom stereocenters. The number of halogens is 1. The Balaban J connectivity index is 1.79. The van der Waals surface area contributed by atoms with Gasteiger partial charge >= 0.3 is 0 Å². The van der Waals surface area contributed by atoms with Crippen molar-refractivity contribution >= 4 is 29.1 Å². The molecule has 0 radical (unpaired) electrons. The summed E-state index contributed by atoms with van der Waals surface area (Å²) < 4.78 is 13.3. The Morgan fingerprint density at radius 1 is 1.09 bits per heavy atom. The lowest BCUT2D eigenvalue weighted by Gasteiger charge is -2.39. The number of hydrogen-bond acceptors (Lipinski definition) is 4. The average molecular weight is 451 g/mol. The van der Waals surface area contributed by atoms with Crippen LogP contribution in [0.3, 0.4) is 0 Å². The van der Waals surface area contributed by atoms with Crippen molar-refractivity contribution in [3.8, 4) is 0 Å². The second-order valence-electron chi connectivity index (χ2n) is 9.16. The number of dihydropyridines is 1. The number of anilines is 1. The summed E-state index contributed by atoms with van der Waals surface area (Å²) in [6.07, 6.45) is 3.20. The summed E-state index contributed by atoms with van der Waals surface area (Å²) in [5, 5.41) is 6.24. The third kappa shape index (κ3) is 4.37. The summed E-state index contributed by atoms with van der Waals surface area (Å²) >= 11 is 1.64. The zero-order valence-corrected chi connectivity index (χ0v) is 19.5. The van der Waals surface area contributed by atoms with Crippen LogP contribution in [0.5, 0.6) is 0 Å². The van der Waals surface area contributed by atoms with E-state index in [1.807, 2.05) is 37.4 Å². The van der Waals surface area contributed by atoms with Gasteiger partial charge in [-0.1, -0.05) is 26.0 Å². The van der Waals surface area contributed by atoms with Crippen LogP contribution in [0.4, 0.5) is 10.1 Å². The molecule has 4 rings (SSSR count). The molecule has 0 saturated heterocycles. The van der Waals surface area contributed by atoms with Crippen molar-refractivity contribution < 1.29 is 14.0 Å². The lowest BCUT2D eigenvalue weighted by molar-refractivity contribution is -0.118. The molecular weight excluding hydrogens is 423 g/mol. The van der Waals surface area contributed by atoms with Crippen LogP contribution in [-0.2, 0) is 9.59 Å². The molecule has 2 aliphatic rings. The summed E-state index contributed by atoms with van der Waals surface area (Å²) in [6.45, 7) is 6.06. The number of thioether (sulfide) groups is 1. The maximum Gasteiger partial charge on any atom is 0.254 e. The average Bonchev–Trinajstić information content (AvgIpc) is 2.73. The molecule has 6 heteroatoms. The molecule has 166 valence electrons. The minimum Gasteiger partial charge on any atom is -0.362 e. The van der Waals surface area contributed by atoms with Crippen LogP contribution in [0, 0.1) is 11.2 Å². The number of hydrogen-bond donors (Lipinski definition) is 2. The fourth-order valence-corrected chi connectivity index (χ4v) is 5.01. The van der Waals surface area contributed by atoms with E-state index in [9.17, 15) is 14.0 Å². The molecule has 0 bridgehead atoms. The van der Waals surface area contributed by atoms with E-state index in [-0.39, 0.29) is 22.9 Å². The maximum absolute atomic E-state index is 13.4. The van der Waals surface area contributed by atoms with Gasteiger partial charge in [0.1, 0.15) is 5.82 Å². The summed E-state index contributed by atoms with van der Waals surface area (Å²) in [4.78, 5) is 27.9. The number of allylic oxidation sites excluding steroid dienone is 3. The fraction of sp³-hybridized carbons (Fsp3) is 0.308. The smallest absolute Gasteiger partial charge is 0.254 e. The van der Waals surface area contributed by atoms with Gasteiger partial charge in [-0.15, -0.1) is 11.8 Å². The summed E-state index contributed by atoms with van der Waals surface area (Å²) in [5.74, 6) is -1.05. The van der Waals surface area contributed by atoms with Crippen molar-refractivity contribution in [3.63, 3.8) is 0 Å². The molecule has 1 aliphatic carbocycles. The van der Waals surface area contributed by atoms with Crippen LogP contribution in [-0.4, -0.2) is 17.9 Å². The predicted molar refractivity (Wildman–Crippen MR) is 127 cm³/mol. The first kappa shape index (κ1) is 22.3. The highest BCUT2D eigenvalue weighted by Gasteiger charge is 2.42. The number of carbonyl (C=O) groups excluding carboxylic acids is 2. The molecular formula is C26H27FN2O2S. The molecule has 1 atom stereocenters. The van der Waals surface area contributed by atoms with E-state index < -0.39 is 5.92 Å². The minimum atomic E-state index is -0.453. The van der Waals surface area contributed by atoms with Gasteiger partial charge in [0.25, 0.3) is 5.91 Å². The Kier molecular flexibility index (Phi) is 5.99. The van der Waals surface area contributed by atoms with Crippen LogP contribution in [0.15, 0.2) is 76.0 Å². The topological polar surface area (TPSA) is 58.2 Å². The summed E-state index contributed by atoms with van der Waals surface area (Å²) in [5.41, 5.74) is 4.10. The zero-order valence-electron chi connectivity index (χ0n) is 18.7. The number of benzene rings is 2. The van der Waals surface area contributed by atoms with Crippen LogP contribution in [0.1, 0.15) is 45.1 Å². The molecule has 1 aliphatic heterocycles. The van der Waals surface area contributed by atoms with E-state index in [4.69, 9.17) is 0 Å². The largest absolute Gasteiger partial charge is 0.362 e. The molecule has 32 heavy (non-hydrogen) atoms. The molecule has 2 aromatic rings. The van der Waals surface area contributed by atoms with Crippen molar-refractivity contribution in [2.75, 3.05) is 11.6 Å². The Morgan fingerprint density at radius 3 is 2.38 bits per heavy atom. The molecule has 1 amide bonds. The molecule has 2 aromatic carbocycles. The molecule has 1 heterocycles. The van der Waals surface area contributed by atoms with Gasteiger partial charge in [0.05, 0.1) is 0 Å². The van der Waals surface area contributed by atoms with Gasteiger partial charge in [-0.2, -0.15) is 0 Å². The molecule has 0 saturated carbocycles. The molecule has 2 N–H and O–H groups in total. The number of amides is 1. The second-order valence-corrected chi connectivity index (χ2v) is 10.0. The van der Waals surface area contributed by atoms with E-state index >= 15 is 0 Å². The SMILES string of the molecule is CSc1ccc([C@@H]2C(C(=O)Nc3ccc(F)cc3)=C(C)NC3=C2C(=O)CC(C)(C)C3)cc1.